The number of carbonyl (C=O) groups is 1. The van der Waals surface area contributed by atoms with Gasteiger partial charge in [-0.1, -0.05) is 12.1 Å². The smallest absolute Gasteiger partial charge is 0.322 e. The molecular formula is C21H14F2N2O3S2. The number of para-hydroxylation sites is 1. The van der Waals surface area contributed by atoms with Crippen LogP contribution in [0.2, 0.25) is 0 Å². The second-order valence-electron chi connectivity index (χ2n) is 6.35. The monoisotopic (exact) mass is 444 g/mol. The SMILES string of the molecule is O=C(Nc1ccc(-c2nc3ccccc3s2)cc1)c1ccc(S(=O)(=O)C(F)F)cc1. The first-order chi connectivity index (χ1) is 14.3. The summed E-state index contributed by atoms with van der Waals surface area (Å²) in [4.78, 5) is 16.4. The summed E-state index contributed by atoms with van der Waals surface area (Å²) in [6.45, 7) is 0. The van der Waals surface area contributed by atoms with E-state index in [1.54, 1.807) is 23.5 Å². The Morgan fingerprint density at radius 2 is 1.60 bits per heavy atom. The van der Waals surface area contributed by atoms with Gasteiger partial charge in [0.2, 0.25) is 9.84 Å². The molecule has 1 N–H and O–H groups in total. The standard InChI is InChI=1S/C21H14F2N2O3S2/c22-21(23)30(27,28)16-11-7-13(8-12-16)19(26)24-15-9-5-14(6-10-15)20-25-17-3-1-2-4-18(17)29-20/h1-12,21H,(H,24,26). The number of fused-ring (bicyclic) bond motifs is 1. The third-order valence-corrected chi connectivity index (χ3v) is 6.85. The molecule has 0 atom stereocenters. The van der Waals surface area contributed by atoms with E-state index in [4.69, 9.17) is 0 Å². The number of sulfone groups is 1. The lowest BCUT2D eigenvalue weighted by atomic mass is 10.2. The first-order valence-corrected chi connectivity index (χ1v) is 11.1. The number of carbonyl (C=O) groups excluding carboxylic acids is 1. The van der Waals surface area contributed by atoms with Crippen molar-refractivity contribution in [2.24, 2.45) is 0 Å². The number of nitrogens with one attached hydrogen (secondary N) is 1. The minimum atomic E-state index is -4.69. The molecule has 4 rings (SSSR count). The molecule has 0 fully saturated rings. The van der Waals surface area contributed by atoms with Crippen LogP contribution in [0.3, 0.4) is 0 Å². The first kappa shape index (κ1) is 20.1. The Bertz CT molecular complexity index is 1280. The Morgan fingerprint density at radius 3 is 2.23 bits per heavy atom. The molecule has 4 aromatic rings. The van der Waals surface area contributed by atoms with Crippen molar-refractivity contribution in [2.45, 2.75) is 10.7 Å². The molecule has 0 unspecified atom stereocenters. The number of amides is 1. The minimum Gasteiger partial charge on any atom is -0.322 e. The topological polar surface area (TPSA) is 76.1 Å². The van der Waals surface area contributed by atoms with Gasteiger partial charge in [-0.2, -0.15) is 8.78 Å². The van der Waals surface area contributed by atoms with Crippen LogP contribution in [0.25, 0.3) is 20.8 Å². The number of halogens is 2. The molecule has 0 aliphatic carbocycles. The highest BCUT2D eigenvalue weighted by molar-refractivity contribution is 7.91. The zero-order chi connectivity index (χ0) is 21.3. The normalized spacial score (nSPS) is 11.7. The molecular weight excluding hydrogens is 430 g/mol. The second kappa shape index (κ2) is 7.92. The number of thiazole rings is 1. The summed E-state index contributed by atoms with van der Waals surface area (Å²) in [5.74, 6) is -3.99. The fraction of sp³-hybridized carbons (Fsp3) is 0.0476. The van der Waals surface area contributed by atoms with Crippen molar-refractivity contribution in [1.29, 1.82) is 0 Å². The van der Waals surface area contributed by atoms with Gasteiger partial charge in [0.1, 0.15) is 5.01 Å². The quantitative estimate of drug-likeness (QED) is 0.458. The average molecular weight is 444 g/mol. The van der Waals surface area contributed by atoms with E-state index in [1.165, 1.54) is 12.1 Å². The molecule has 1 heterocycles. The van der Waals surface area contributed by atoms with Gasteiger partial charge in [-0.05, 0) is 60.7 Å². The maximum Gasteiger partial charge on any atom is 0.341 e. The molecule has 1 aromatic heterocycles. The van der Waals surface area contributed by atoms with Crippen molar-refractivity contribution >= 4 is 43.0 Å². The molecule has 0 radical (unpaired) electrons. The fourth-order valence-electron chi connectivity index (χ4n) is 2.79. The van der Waals surface area contributed by atoms with Crippen LogP contribution >= 0.6 is 11.3 Å². The van der Waals surface area contributed by atoms with E-state index < -0.39 is 26.4 Å². The number of alkyl halides is 2. The molecule has 152 valence electrons. The van der Waals surface area contributed by atoms with Crippen molar-refractivity contribution in [3.63, 3.8) is 0 Å². The van der Waals surface area contributed by atoms with Crippen molar-refractivity contribution < 1.29 is 22.0 Å². The molecule has 30 heavy (non-hydrogen) atoms. The van der Waals surface area contributed by atoms with E-state index in [9.17, 15) is 22.0 Å². The Balaban J connectivity index is 1.48. The van der Waals surface area contributed by atoms with Gasteiger partial charge in [0, 0.05) is 16.8 Å². The van der Waals surface area contributed by atoms with Gasteiger partial charge >= 0.3 is 5.76 Å². The van der Waals surface area contributed by atoms with Gasteiger partial charge in [-0.15, -0.1) is 11.3 Å². The van der Waals surface area contributed by atoms with E-state index in [0.717, 1.165) is 32.9 Å². The van der Waals surface area contributed by atoms with Crippen LogP contribution in [-0.2, 0) is 9.84 Å². The van der Waals surface area contributed by atoms with Gasteiger partial charge < -0.3 is 5.32 Å². The Labute approximate surface area is 174 Å². The minimum absolute atomic E-state index is 0.151. The van der Waals surface area contributed by atoms with Gasteiger partial charge in [-0.3, -0.25) is 4.79 Å². The van der Waals surface area contributed by atoms with E-state index in [1.807, 2.05) is 36.4 Å². The molecule has 5 nitrogen and oxygen atoms in total. The van der Waals surface area contributed by atoms with Gasteiger partial charge in [0.05, 0.1) is 15.1 Å². The predicted molar refractivity (Wildman–Crippen MR) is 113 cm³/mol. The zero-order valence-electron chi connectivity index (χ0n) is 15.2. The molecule has 0 aliphatic heterocycles. The zero-order valence-corrected chi connectivity index (χ0v) is 16.9. The van der Waals surface area contributed by atoms with Crippen molar-refractivity contribution in [1.82, 2.24) is 4.98 Å². The average Bonchev–Trinajstić information content (AvgIpc) is 3.18. The van der Waals surface area contributed by atoms with Crippen LogP contribution in [-0.4, -0.2) is 25.1 Å². The molecule has 0 aliphatic rings. The Morgan fingerprint density at radius 1 is 0.933 bits per heavy atom. The number of hydrogen-bond donors (Lipinski definition) is 1. The van der Waals surface area contributed by atoms with Crippen molar-refractivity contribution in [2.75, 3.05) is 5.32 Å². The third kappa shape index (κ3) is 3.94. The summed E-state index contributed by atoms with van der Waals surface area (Å²) in [7, 11) is -4.69. The van der Waals surface area contributed by atoms with Gasteiger partial charge in [0.25, 0.3) is 5.91 Å². The van der Waals surface area contributed by atoms with E-state index >= 15 is 0 Å². The lowest BCUT2D eigenvalue weighted by Gasteiger charge is -2.07. The molecule has 0 bridgehead atoms. The predicted octanol–water partition coefficient (Wildman–Crippen LogP) is 5.21. The third-order valence-electron chi connectivity index (χ3n) is 4.36. The second-order valence-corrected chi connectivity index (χ2v) is 9.30. The van der Waals surface area contributed by atoms with Crippen LogP contribution in [0.4, 0.5) is 14.5 Å². The number of nitrogens with zero attached hydrogens (tertiary/aromatic N) is 1. The lowest BCUT2D eigenvalue weighted by Crippen LogP contribution is -2.14. The molecule has 0 spiro atoms. The highest BCUT2D eigenvalue weighted by Gasteiger charge is 2.26. The van der Waals surface area contributed by atoms with E-state index in [-0.39, 0.29) is 5.56 Å². The first-order valence-electron chi connectivity index (χ1n) is 8.74. The summed E-state index contributed by atoms with van der Waals surface area (Å²) in [5, 5.41) is 3.56. The number of benzene rings is 3. The summed E-state index contributed by atoms with van der Waals surface area (Å²) >= 11 is 1.57. The van der Waals surface area contributed by atoms with Crippen LogP contribution < -0.4 is 5.32 Å². The maximum atomic E-state index is 12.6. The Kier molecular flexibility index (Phi) is 5.31. The molecule has 0 saturated carbocycles. The summed E-state index contributed by atoms with van der Waals surface area (Å²) in [5.41, 5.74) is 2.52. The van der Waals surface area contributed by atoms with Crippen LogP contribution in [0, 0.1) is 0 Å². The van der Waals surface area contributed by atoms with Crippen LogP contribution in [0.5, 0.6) is 0 Å². The molecule has 1 amide bonds. The highest BCUT2D eigenvalue weighted by atomic mass is 32.2. The largest absolute Gasteiger partial charge is 0.341 e. The summed E-state index contributed by atoms with van der Waals surface area (Å²) in [6.07, 6.45) is 0. The summed E-state index contributed by atoms with van der Waals surface area (Å²) in [6, 6.07) is 19.4. The lowest BCUT2D eigenvalue weighted by molar-refractivity contribution is 0.102. The summed E-state index contributed by atoms with van der Waals surface area (Å²) < 4.78 is 49.2. The van der Waals surface area contributed by atoms with Crippen molar-refractivity contribution in [3.05, 3.63) is 78.4 Å². The van der Waals surface area contributed by atoms with E-state index in [2.05, 4.69) is 10.3 Å². The van der Waals surface area contributed by atoms with Crippen LogP contribution in [0.15, 0.2) is 77.7 Å². The van der Waals surface area contributed by atoms with Gasteiger partial charge in [0.15, 0.2) is 0 Å². The van der Waals surface area contributed by atoms with Crippen molar-refractivity contribution in [3.8, 4) is 10.6 Å². The molecule has 9 heteroatoms. The van der Waals surface area contributed by atoms with E-state index in [0.29, 0.717) is 5.69 Å². The number of hydrogen-bond acceptors (Lipinski definition) is 5. The number of anilines is 1. The maximum absolute atomic E-state index is 12.6. The van der Waals surface area contributed by atoms with Crippen LogP contribution in [0.1, 0.15) is 10.4 Å². The van der Waals surface area contributed by atoms with Gasteiger partial charge in [-0.25, -0.2) is 13.4 Å². The molecule has 3 aromatic carbocycles. The molecule has 0 saturated heterocycles. The number of aromatic nitrogens is 1. The number of rotatable bonds is 5. The Hall–Kier alpha value is -3.17. The highest BCUT2D eigenvalue weighted by Crippen LogP contribution is 2.30. The fourth-order valence-corrected chi connectivity index (χ4v) is 4.49.